The number of allylic oxidation sites excluding steroid dienone is 1. The van der Waals surface area contributed by atoms with E-state index in [4.69, 9.17) is 11.6 Å². The van der Waals surface area contributed by atoms with Crippen LogP contribution in [0.25, 0.3) is 11.4 Å². The second-order valence-electron chi connectivity index (χ2n) is 5.13. The molecule has 0 amide bonds. The number of halogens is 2. The molecule has 0 N–H and O–H groups in total. The molecular formula is C18H15BrClN3S. The van der Waals surface area contributed by atoms with Crippen LogP contribution in [0.5, 0.6) is 0 Å². The molecule has 3 rings (SSSR count). The number of hydrogen-bond acceptors (Lipinski definition) is 3. The first-order valence-corrected chi connectivity index (χ1v) is 9.50. The summed E-state index contributed by atoms with van der Waals surface area (Å²) < 4.78 is 3.15. The van der Waals surface area contributed by atoms with Gasteiger partial charge in [-0.3, -0.25) is 4.57 Å². The minimum atomic E-state index is 0.659. The van der Waals surface area contributed by atoms with Crippen LogP contribution in [0.1, 0.15) is 5.56 Å². The second kappa shape index (κ2) is 8.01. The zero-order chi connectivity index (χ0) is 16.9. The van der Waals surface area contributed by atoms with Gasteiger partial charge in [0.1, 0.15) is 0 Å². The summed E-state index contributed by atoms with van der Waals surface area (Å²) in [5.41, 5.74) is 2.22. The smallest absolute Gasteiger partial charge is 0.192 e. The van der Waals surface area contributed by atoms with Gasteiger partial charge in [-0.05, 0) is 42.0 Å². The standard InChI is InChI=1S/C18H15BrClN3S/c1-2-10-23-17(14-6-8-16(20)9-7-14)21-22-18(23)24-12-13-4-3-5-15(19)11-13/h2-9,11H,1,10,12H2. The van der Waals surface area contributed by atoms with Crippen molar-refractivity contribution in [3.63, 3.8) is 0 Å². The molecule has 0 atom stereocenters. The lowest BCUT2D eigenvalue weighted by molar-refractivity contribution is 0.731. The monoisotopic (exact) mass is 419 g/mol. The number of rotatable bonds is 6. The summed E-state index contributed by atoms with van der Waals surface area (Å²) in [6, 6.07) is 15.9. The highest BCUT2D eigenvalue weighted by molar-refractivity contribution is 9.10. The van der Waals surface area contributed by atoms with Crippen molar-refractivity contribution in [2.45, 2.75) is 17.5 Å². The first-order valence-electron chi connectivity index (χ1n) is 7.34. The molecule has 0 aliphatic rings. The van der Waals surface area contributed by atoms with E-state index >= 15 is 0 Å². The molecule has 2 aromatic carbocycles. The van der Waals surface area contributed by atoms with E-state index in [9.17, 15) is 0 Å². The molecule has 6 heteroatoms. The molecule has 24 heavy (non-hydrogen) atoms. The van der Waals surface area contributed by atoms with Crippen LogP contribution in [0.15, 0.2) is 70.8 Å². The maximum absolute atomic E-state index is 5.97. The summed E-state index contributed by atoms with van der Waals surface area (Å²) in [5, 5.41) is 10.3. The molecule has 1 aromatic heterocycles. The lowest BCUT2D eigenvalue weighted by Crippen LogP contribution is -2.00. The van der Waals surface area contributed by atoms with Gasteiger partial charge >= 0.3 is 0 Å². The molecule has 0 saturated heterocycles. The molecular weight excluding hydrogens is 406 g/mol. The van der Waals surface area contributed by atoms with Crippen LogP contribution in [-0.2, 0) is 12.3 Å². The van der Waals surface area contributed by atoms with Gasteiger partial charge in [0.25, 0.3) is 0 Å². The van der Waals surface area contributed by atoms with Crippen LogP contribution in [0.2, 0.25) is 5.02 Å². The molecule has 0 unspecified atom stereocenters. The Morgan fingerprint density at radius 3 is 2.67 bits per heavy atom. The quantitative estimate of drug-likeness (QED) is 0.371. The summed E-state index contributed by atoms with van der Waals surface area (Å²) in [6.45, 7) is 4.50. The largest absolute Gasteiger partial charge is 0.298 e. The van der Waals surface area contributed by atoms with Gasteiger partial charge in [0, 0.05) is 27.4 Å². The predicted molar refractivity (Wildman–Crippen MR) is 104 cm³/mol. The highest BCUT2D eigenvalue weighted by Gasteiger charge is 2.13. The van der Waals surface area contributed by atoms with Crippen molar-refractivity contribution < 1.29 is 0 Å². The highest BCUT2D eigenvalue weighted by Crippen LogP contribution is 2.27. The minimum Gasteiger partial charge on any atom is -0.298 e. The Bertz CT molecular complexity index is 846. The first kappa shape index (κ1) is 17.3. The molecule has 0 aliphatic heterocycles. The van der Waals surface area contributed by atoms with Crippen LogP contribution in [0.4, 0.5) is 0 Å². The van der Waals surface area contributed by atoms with Gasteiger partial charge < -0.3 is 0 Å². The maximum atomic E-state index is 5.97. The van der Waals surface area contributed by atoms with Gasteiger partial charge in [0.2, 0.25) is 0 Å². The third-order valence-corrected chi connectivity index (χ3v) is 5.17. The van der Waals surface area contributed by atoms with Crippen molar-refractivity contribution in [1.82, 2.24) is 14.8 Å². The molecule has 1 heterocycles. The third kappa shape index (κ3) is 4.09. The summed E-state index contributed by atoms with van der Waals surface area (Å²) in [5.74, 6) is 1.65. The van der Waals surface area contributed by atoms with Crippen LogP contribution in [0.3, 0.4) is 0 Å². The molecule has 0 aliphatic carbocycles. The van der Waals surface area contributed by atoms with Crippen LogP contribution < -0.4 is 0 Å². The second-order valence-corrected chi connectivity index (χ2v) is 7.43. The Morgan fingerprint density at radius 2 is 1.96 bits per heavy atom. The Morgan fingerprint density at radius 1 is 1.17 bits per heavy atom. The van der Waals surface area contributed by atoms with Crippen LogP contribution in [-0.4, -0.2) is 14.8 Å². The summed E-state index contributed by atoms with van der Waals surface area (Å²) >= 11 is 11.1. The van der Waals surface area contributed by atoms with Gasteiger partial charge in [-0.25, -0.2) is 0 Å². The first-order chi connectivity index (χ1) is 11.7. The summed E-state index contributed by atoms with van der Waals surface area (Å²) in [4.78, 5) is 0. The minimum absolute atomic E-state index is 0.659. The fraction of sp³-hybridized carbons (Fsp3) is 0.111. The number of nitrogens with zero attached hydrogens (tertiary/aromatic N) is 3. The van der Waals surface area contributed by atoms with Crippen molar-refractivity contribution in [2.75, 3.05) is 0 Å². The summed E-state index contributed by atoms with van der Waals surface area (Å²) in [7, 11) is 0. The Labute approximate surface area is 158 Å². The Balaban J connectivity index is 1.85. The Hall–Kier alpha value is -1.56. The third-order valence-electron chi connectivity index (χ3n) is 3.39. The lowest BCUT2D eigenvalue weighted by Gasteiger charge is -2.08. The number of hydrogen-bond donors (Lipinski definition) is 0. The van der Waals surface area contributed by atoms with E-state index in [2.05, 4.69) is 49.4 Å². The van der Waals surface area contributed by atoms with Gasteiger partial charge in [-0.2, -0.15) is 0 Å². The topological polar surface area (TPSA) is 30.7 Å². The summed E-state index contributed by atoms with van der Waals surface area (Å²) in [6.07, 6.45) is 1.85. The molecule has 0 bridgehead atoms. The average Bonchev–Trinajstić information content (AvgIpc) is 2.97. The SMILES string of the molecule is C=CCn1c(SCc2cccc(Br)c2)nnc1-c1ccc(Cl)cc1. The number of aromatic nitrogens is 3. The molecule has 122 valence electrons. The molecule has 0 fully saturated rings. The van der Waals surface area contributed by atoms with E-state index < -0.39 is 0 Å². The van der Waals surface area contributed by atoms with E-state index in [0.717, 1.165) is 26.8 Å². The van der Waals surface area contributed by atoms with Gasteiger partial charge in [-0.15, -0.1) is 16.8 Å². The van der Waals surface area contributed by atoms with Gasteiger partial charge in [0.05, 0.1) is 0 Å². The lowest BCUT2D eigenvalue weighted by atomic mass is 10.2. The maximum Gasteiger partial charge on any atom is 0.192 e. The zero-order valence-electron chi connectivity index (χ0n) is 12.8. The molecule has 3 nitrogen and oxygen atoms in total. The number of thioether (sulfide) groups is 1. The zero-order valence-corrected chi connectivity index (χ0v) is 16.0. The van der Waals surface area contributed by atoms with Crippen molar-refractivity contribution >= 4 is 39.3 Å². The normalized spacial score (nSPS) is 10.8. The fourth-order valence-electron chi connectivity index (χ4n) is 2.28. The molecule has 0 spiro atoms. The van der Waals surface area contributed by atoms with E-state index in [0.29, 0.717) is 11.6 Å². The van der Waals surface area contributed by atoms with Crippen molar-refractivity contribution in [1.29, 1.82) is 0 Å². The van der Waals surface area contributed by atoms with Gasteiger partial charge in [0.15, 0.2) is 11.0 Å². The van der Waals surface area contributed by atoms with Gasteiger partial charge in [-0.1, -0.05) is 57.5 Å². The van der Waals surface area contributed by atoms with Crippen molar-refractivity contribution in [3.8, 4) is 11.4 Å². The van der Waals surface area contributed by atoms with E-state index in [-0.39, 0.29) is 0 Å². The predicted octanol–water partition coefficient (Wildman–Crippen LogP) is 5.84. The van der Waals surface area contributed by atoms with E-state index in [1.54, 1.807) is 11.8 Å². The molecule has 0 saturated carbocycles. The molecule has 3 aromatic rings. The van der Waals surface area contributed by atoms with Crippen molar-refractivity contribution in [3.05, 3.63) is 76.2 Å². The average molecular weight is 421 g/mol. The molecule has 0 radical (unpaired) electrons. The fourth-order valence-corrected chi connectivity index (χ4v) is 3.74. The Kier molecular flexibility index (Phi) is 5.76. The van der Waals surface area contributed by atoms with E-state index in [1.807, 2.05) is 42.5 Å². The van der Waals surface area contributed by atoms with Crippen LogP contribution >= 0.6 is 39.3 Å². The highest BCUT2D eigenvalue weighted by atomic mass is 79.9. The van der Waals surface area contributed by atoms with Crippen molar-refractivity contribution in [2.24, 2.45) is 0 Å². The van der Waals surface area contributed by atoms with Crippen LogP contribution in [0, 0.1) is 0 Å². The number of benzene rings is 2. The van der Waals surface area contributed by atoms with E-state index in [1.165, 1.54) is 5.56 Å².